The number of piperidine rings is 1. The van der Waals surface area contributed by atoms with Crippen molar-refractivity contribution in [3.8, 4) is 0 Å². The van der Waals surface area contributed by atoms with Gasteiger partial charge in [0.05, 0.1) is 17.1 Å². The Hall–Kier alpha value is -1.69. The highest BCUT2D eigenvalue weighted by molar-refractivity contribution is 5.63. The predicted octanol–water partition coefficient (Wildman–Crippen LogP) is 2.60. The second kappa shape index (κ2) is 5.52. The molecule has 1 fully saturated rings. The number of nitro groups is 1. The molecule has 2 atom stereocenters. The van der Waals surface area contributed by atoms with Crippen molar-refractivity contribution in [2.24, 2.45) is 5.92 Å². The summed E-state index contributed by atoms with van der Waals surface area (Å²) in [5.74, 6) is -0.176. The van der Waals surface area contributed by atoms with Crippen LogP contribution in [-0.2, 0) is 4.74 Å². The lowest BCUT2D eigenvalue weighted by atomic mass is 9.95. The van der Waals surface area contributed by atoms with E-state index in [4.69, 9.17) is 4.74 Å². The van der Waals surface area contributed by atoms with Gasteiger partial charge in [0.25, 0.3) is 5.69 Å². The van der Waals surface area contributed by atoms with Gasteiger partial charge in [0.15, 0.2) is 0 Å². The predicted molar refractivity (Wildman–Crippen MR) is 69.8 cm³/mol. The maximum atomic E-state index is 13.1. The van der Waals surface area contributed by atoms with E-state index in [1.807, 2.05) is 4.90 Å². The fourth-order valence-corrected chi connectivity index (χ4v) is 2.47. The minimum atomic E-state index is -0.593. The van der Waals surface area contributed by atoms with Crippen LogP contribution in [0.25, 0.3) is 0 Å². The average molecular weight is 268 g/mol. The zero-order valence-electron chi connectivity index (χ0n) is 11.0. The summed E-state index contributed by atoms with van der Waals surface area (Å²) in [4.78, 5) is 12.4. The van der Waals surface area contributed by atoms with E-state index in [1.165, 1.54) is 12.1 Å². The van der Waals surface area contributed by atoms with Gasteiger partial charge < -0.3 is 9.64 Å². The quantitative estimate of drug-likeness (QED) is 0.624. The van der Waals surface area contributed by atoms with Gasteiger partial charge in [-0.3, -0.25) is 10.1 Å². The minimum Gasteiger partial charge on any atom is -0.379 e. The van der Waals surface area contributed by atoms with E-state index in [1.54, 1.807) is 7.11 Å². The molecule has 2 rings (SSSR count). The molecule has 1 aromatic carbocycles. The highest BCUT2D eigenvalue weighted by Gasteiger charge is 2.29. The molecule has 1 saturated heterocycles. The Kier molecular flexibility index (Phi) is 3.99. The van der Waals surface area contributed by atoms with Gasteiger partial charge in [0.2, 0.25) is 0 Å². The molecule has 1 heterocycles. The fraction of sp³-hybridized carbons (Fsp3) is 0.538. The average Bonchev–Trinajstić information content (AvgIpc) is 2.39. The monoisotopic (exact) mass is 268 g/mol. The Balaban J connectivity index is 2.29. The first-order valence-corrected chi connectivity index (χ1v) is 6.24. The van der Waals surface area contributed by atoms with Gasteiger partial charge in [0, 0.05) is 20.2 Å². The van der Waals surface area contributed by atoms with Crippen LogP contribution >= 0.6 is 0 Å². The molecule has 0 N–H and O–H groups in total. The van der Waals surface area contributed by atoms with Crippen molar-refractivity contribution in [3.63, 3.8) is 0 Å². The van der Waals surface area contributed by atoms with E-state index in [2.05, 4.69) is 6.92 Å². The van der Waals surface area contributed by atoms with E-state index in [0.717, 1.165) is 12.5 Å². The normalized spacial score (nSPS) is 23.4. The molecule has 0 saturated carbocycles. The molecule has 19 heavy (non-hydrogen) atoms. The van der Waals surface area contributed by atoms with E-state index in [-0.39, 0.29) is 11.8 Å². The van der Waals surface area contributed by atoms with Gasteiger partial charge in [0.1, 0.15) is 11.5 Å². The Morgan fingerprint density at radius 1 is 1.53 bits per heavy atom. The summed E-state index contributed by atoms with van der Waals surface area (Å²) in [5, 5.41) is 11.0. The number of hydrogen-bond donors (Lipinski definition) is 0. The Bertz CT molecular complexity index is 481. The molecule has 0 bridgehead atoms. The van der Waals surface area contributed by atoms with Crippen LogP contribution in [0.4, 0.5) is 15.8 Å². The van der Waals surface area contributed by atoms with E-state index < -0.39 is 10.7 Å². The summed E-state index contributed by atoms with van der Waals surface area (Å²) >= 11 is 0. The molecule has 0 spiro atoms. The first-order chi connectivity index (χ1) is 9.02. The molecule has 5 nitrogen and oxygen atoms in total. The molecule has 6 heteroatoms. The number of halogens is 1. The number of methoxy groups -OCH3 is 1. The lowest BCUT2D eigenvalue weighted by Gasteiger charge is -2.37. The van der Waals surface area contributed by atoms with E-state index in [0.29, 0.717) is 24.7 Å². The summed E-state index contributed by atoms with van der Waals surface area (Å²) < 4.78 is 18.5. The van der Waals surface area contributed by atoms with Gasteiger partial charge in [-0.25, -0.2) is 4.39 Å². The van der Waals surface area contributed by atoms with Crippen molar-refractivity contribution in [1.82, 2.24) is 0 Å². The summed E-state index contributed by atoms with van der Waals surface area (Å²) in [6.07, 6.45) is 0.936. The van der Waals surface area contributed by atoms with Crippen LogP contribution < -0.4 is 4.90 Å². The van der Waals surface area contributed by atoms with Gasteiger partial charge in [-0.15, -0.1) is 0 Å². The summed E-state index contributed by atoms with van der Waals surface area (Å²) in [6.45, 7) is 3.40. The maximum absolute atomic E-state index is 13.1. The highest BCUT2D eigenvalue weighted by atomic mass is 19.1. The van der Waals surface area contributed by atoms with E-state index >= 15 is 0 Å². The molecular weight excluding hydrogens is 251 g/mol. The lowest BCUT2D eigenvalue weighted by Crippen LogP contribution is -2.44. The third kappa shape index (κ3) is 2.84. The smallest absolute Gasteiger partial charge is 0.295 e. The summed E-state index contributed by atoms with van der Waals surface area (Å²) in [5.41, 5.74) is 0.268. The molecular formula is C13H17FN2O3. The van der Waals surface area contributed by atoms with Gasteiger partial charge in [-0.05, 0) is 24.5 Å². The van der Waals surface area contributed by atoms with Crippen LogP contribution in [0.1, 0.15) is 13.3 Å². The zero-order chi connectivity index (χ0) is 14.0. The maximum Gasteiger partial charge on any atom is 0.295 e. The first kappa shape index (κ1) is 13.7. The first-order valence-electron chi connectivity index (χ1n) is 6.24. The van der Waals surface area contributed by atoms with Gasteiger partial charge in [-0.2, -0.15) is 0 Å². The molecule has 0 aliphatic carbocycles. The molecule has 0 aromatic heterocycles. The Labute approximate surface area is 111 Å². The van der Waals surface area contributed by atoms with Crippen molar-refractivity contribution in [2.45, 2.75) is 19.4 Å². The number of rotatable bonds is 3. The van der Waals surface area contributed by atoms with Crippen LogP contribution in [0.15, 0.2) is 18.2 Å². The third-order valence-corrected chi connectivity index (χ3v) is 3.67. The Morgan fingerprint density at radius 3 is 2.89 bits per heavy atom. The topological polar surface area (TPSA) is 55.6 Å². The van der Waals surface area contributed by atoms with Crippen LogP contribution in [0.3, 0.4) is 0 Å². The summed E-state index contributed by atoms with van der Waals surface area (Å²) in [6, 6.07) is 3.69. The Morgan fingerprint density at radius 2 is 2.26 bits per heavy atom. The second-order valence-electron chi connectivity index (χ2n) is 4.88. The fourth-order valence-electron chi connectivity index (χ4n) is 2.47. The van der Waals surface area contributed by atoms with Crippen LogP contribution in [0.2, 0.25) is 0 Å². The molecule has 0 radical (unpaired) electrons. The molecule has 2 unspecified atom stereocenters. The van der Waals surface area contributed by atoms with Crippen LogP contribution in [-0.4, -0.2) is 31.2 Å². The molecule has 1 aliphatic heterocycles. The SMILES string of the molecule is COC1CN(c2ccc(F)cc2[N+](=O)[O-])CCC1C. The van der Waals surface area contributed by atoms with Crippen molar-refractivity contribution in [1.29, 1.82) is 0 Å². The second-order valence-corrected chi connectivity index (χ2v) is 4.88. The molecule has 104 valence electrons. The standard InChI is InChI=1S/C13H17FN2O3/c1-9-5-6-15(8-13(9)19-2)11-4-3-10(14)7-12(11)16(17)18/h3-4,7,9,13H,5-6,8H2,1-2H3. The van der Waals surface area contributed by atoms with Crippen molar-refractivity contribution in [2.75, 3.05) is 25.1 Å². The molecule has 1 aromatic rings. The number of benzene rings is 1. The van der Waals surface area contributed by atoms with Crippen molar-refractivity contribution >= 4 is 11.4 Å². The lowest BCUT2D eigenvalue weighted by molar-refractivity contribution is -0.384. The zero-order valence-corrected chi connectivity index (χ0v) is 11.0. The number of nitro benzene ring substituents is 1. The highest BCUT2D eigenvalue weighted by Crippen LogP contribution is 2.32. The largest absolute Gasteiger partial charge is 0.379 e. The molecule has 1 aliphatic rings. The van der Waals surface area contributed by atoms with Gasteiger partial charge >= 0.3 is 0 Å². The van der Waals surface area contributed by atoms with Crippen molar-refractivity contribution in [3.05, 3.63) is 34.1 Å². The number of hydrogen-bond acceptors (Lipinski definition) is 4. The van der Waals surface area contributed by atoms with Gasteiger partial charge in [-0.1, -0.05) is 6.92 Å². The van der Waals surface area contributed by atoms with Crippen LogP contribution in [0.5, 0.6) is 0 Å². The van der Waals surface area contributed by atoms with Crippen molar-refractivity contribution < 1.29 is 14.1 Å². The summed E-state index contributed by atoms with van der Waals surface area (Å²) in [7, 11) is 1.64. The number of nitrogens with zero attached hydrogens (tertiary/aromatic N) is 2. The number of anilines is 1. The third-order valence-electron chi connectivity index (χ3n) is 3.67. The van der Waals surface area contributed by atoms with E-state index in [9.17, 15) is 14.5 Å². The minimum absolute atomic E-state index is 0.0402. The number of ether oxygens (including phenoxy) is 1. The molecule has 0 amide bonds. The van der Waals surface area contributed by atoms with Crippen LogP contribution in [0, 0.1) is 21.8 Å².